The third kappa shape index (κ3) is 4.86. The number of anilines is 1. The van der Waals surface area contributed by atoms with E-state index >= 15 is 0 Å². The van der Waals surface area contributed by atoms with Gasteiger partial charge < -0.3 is 19.8 Å². The zero-order chi connectivity index (χ0) is 19.9. The third-order valence-electron chi connectivity index (χ3n) is 4.38. The maximum atomic E-state index is 12.7. The minimum atomic E-state index is -0.315. The van der Waals surface area contributed by atoms with Crippen LogP contribution in [-0.2, 0) is 11.3 Å². The predicted octanol–water partition coefficient (Wildman–Crippen LogP) is 2.07. The van der Waals surface area contributed by atoms with E-state index in [0.717, 1.165) is 49.2 Å². The van der Waals surface area contributed by atoms with E-state index in [4.69, 9.17) is 9.57 Å². The summed E-state index contributed by atoms with van der Waals surface area (Å²) in [5, 5.41) is 14.0. The molecular weight excluding hydrogens is 360 g/mol. The summed E-state index contributed by atoms with van der Waals surface area (Å²) in [7, 11) is 5.55. The molecule has 28 heavy (non-hydrogen) atoms. The first-order valence-electron chi connectivity index (χ1n) is 9.31. The van der Waals surface area contributed by atoms with Crippen LogP contribution in [0.15, 0.2) is 23.5 Å². The van der Waals surface area contributed by atoms with Gasteiger partial charge in [0.25, 0.3) is 5.91 Å². The van der Waals surface area contributed by atoms with E-state index in [-0.39, 0.29) is 5.91 Å². The van der Waals surface area contributed by atoms with Crippen LogP contribution in [0.5, 0.6) is 5.88 Å². The monoisotopic (exact) mass is 386 g/mol. The molecule has 0 saturated carbocycles. The first-order chi connectivity index (χ1) is 13.6. The lowest BCUT2D eigenvalue weighted by Gasteiger charge is -2.13. The smallest absolute Gasteiger partial charge is 0.276 e. The molecule has 0 bridgehead atoms. The van der Waals surface area contributed by atoms with E-state index in [1.165, 1.54) is 7.11 Å². The molecule has 1 amide bonds. The Morgan fingerprint density at radius 1 is 1.36 bits per heavy atom. The summed E-state index contributed by atoms with van der Waals surface area (Å²) >= 11 is 0. The number of rotatable bonds is 8. The van der Waals surface area contributed by atoms with Crippen LogP contribution in [0.3, 0.4) is 0 Å². The standard InChI is InChI=1S/C19H26N6O3/c1-25(2)10-5-11-28-16-9-8-13(12-20-16)21-19(26)18-17-14(22-23-18)6-4-7-15(17)24-27-3/h8-9,12H,4-7,10-11H2,1-3H3,(H,21,26)(H,22,23). The van der Waals surface area contributed by atoms with Crippen LogP contribution in [0.4, 0.5) is 5.69 Å². The number of oxime groups is 1. The van der Waals surface area contributed by atoms with Crippen LogP contribution in [0.1, 0.15) is 41.0 Å². The number of aryl methyl sites for hydroxylation is 1. The Balaban J connectivity index is 1.63. The molecule has 1 aliphatic carbocycles. The quantitative estimate of drug-likeness (QED) is 0.532. The molecule has 2 aromatic heterocycles. The van der Waals surface area contributed by atoms with Crippen molar-refractivity contribution in [2.75, 3.05) is 39.7 Å². The van der Waals surface area contributed by atoms with Gasteiger partial charge in [-0.25, -0.2) is 4.98 Å². The molecule has 2 N–H and O–H groups in total. The number of hydrogen-bond acceptors (Lipinski definition) is 7. The van der Waals surface area contributed by atoms with Gasteiger partial charge in [-0.2, -0.15) is 5.10 Å². The van der Waals surface area contributed by atoms with Gasteiger partial charge in [0.1, 0.15) is 7.11 Å². The predicted molar refractivity (Wildman–Crippen MR) is 106 cm³/mol. The van der Waals surface area contributed by atoms with E-state index in [1.807, 2.05) is 14.1 Å². The molecule has 0 aromatic carbocycles. The fourth-order valence-corrected chi connectivity index (χ4v) is 3.08. The highest BCUT2D eigenvalue weighted by molar-refractivity contribution is 6.13. The zero-order valence-electron chi connectivity index (χ0n) is 16.5. The number of amides is 1. The lowest BCUT2D eigenvalue weighted by atomic mass is 9.93. The molecule has 3 rings (SSSR count). The maximum absolute atomic E-state index is 12.7. The van der Waals surface area contributed by atoms with Crippen LogP contribution in [-0.4, -0.2) is 66.1 Å². The summed E-state index contributed by atoms with van der Waals surface area (Å²) in [5.41, 5.74) is 3.27. The highest BCUT2D eigenvalue weighted by Crippen LogP contribution is 2.24. The molecule has 0 radical (unpaired) electrons. The van der Waals surface area contributed by atoms with Gasteiger partial charge in [-0.1, -0.05) is 5.16 Å². The summed E-state index contributed by atoms with van der Waals surface area (Å²) in [6.45, 7) is 1.55. The average molecular weight is 386 g/mol. The van der Waals surface area contributed by atoms with Gasteiger partial charge in [-0.15, -0.1) is 0 Å². The number of ether oxygens (including phenoxy) is 1. The molecular formula is C19H26N6O3. The van der Waals surface area contributed by atoms with Gasteiger partial charge in [0.15, 0.2) is 5.69 Å². The fourth-order valence-electron chi connectivity index (χ4n) is 3.08. The highest BCUT2D eigenvalue weighted by atomic mass is 16.6. The van der Waals surface area contributed by atoms with Crippen molar-refractivity contribution < 1.29 is 14.4 Å². The number of carbonyl (C=O) groups is 1. The molecule has 0 aliphatic heterocycles. The number of fused-ring (bicyclic) bond motifs is 1. The molecule has 0 spiro atoms. The minimum absolute atomic E-state index is 0.314. The number of aromatic amines is 1. The van der Waals surface area contributed by atoms with Crippen LogP contribution in [0, 0.1) is 0 Å². The maximum Gasteiger partial charge on any atom is 0.276 e. The number of nitrogens with one attached hydrogen (secondary N) is 2. The van der Waals surface area contributed by atoms with E-state index in [2.05, 4.69) is 30.6 Å². The molecule has 0 unspecified atom stereocenters. The average Bonchev–Trinajstić information content (AvgIpc) is 3.12. The van der Waals surface area contributed by atoms with Gasteiger partial charge in [0.05, 0.1) is 29.8 Å². The van der Waals surface area contributed by atoms with Crippen molar-refractivity contribution >= 4 is 17.3 Å². The summed E-state index contributed by atoms with van der Waals surface area (Å²) in [6.07, 6.45) is 5.02. The largest absolute Gasteiger partial charge is 0.478 e. The number of hydrogen-bond donors (Lipinski definition) is 2. The van der Waals surface area contributed by atoms with Gasteiger partial charge in [-0.05, 0) is 45.8 Å². The molecule has 2 aromatic rings. The third-order valence-corrected chi connectivity index (χ3v) is 4.38. The first kappa shape index (κ1) is 19.8. The van der Waals surface area contributed by atoms with Crippen molar-refractivity contribution in [1.82, 2.24) is 20.1 Å². The molecule has 9 nitrogen and oxygen atoms in total. The molecule has 0 fully saturated rings. The van der Waals surface area contributed by atoms with Crippen molar-refractivity contribution in [1.29, 1.82) is 0 Å². The first-order valence-corrected chi connectivity index (χ1v) is 9.31. The van der Waals surface area contributed by atoms with Crippen molar-refractivity contribution in [2.24, 2.45) is 5.16 Å². The number of aromatic nitrogens is 3. The molecule has 0 atom stereocenters. The van der Waals surface area contributed by atoms with Crippen LogP contribution in [0.25, 0.3) is 0 Å². The number of carbonyl (C=O) groups excluding carboxylic acids is 1. The van der Waals surface area contributed by atoms with Crippen molar-refractivity contribution in [3.63, 3.8) is 0 Å². The lowest BCUT2D eigenvalue weighted by Crippen LogP contribution is -2.19. The van der Waals surface area contributed by atoms with E-state index < -0.39 is 0 Å². The summed E-state index contributed by atoms with van der Waals surface area (Å²) in [5.74, 6) is 0.216. The Morgan fingerprint density at radius 3 is 2.93 bits per heavy atom. The van der Waals surface area contributed by atoms with Gasteiger partial charge in [0.2, 0.25) is 5.88 Å². The topological polar surface area (TPSA) is 105 Å². The van der Waals surface area contributed by atoms with Crippen molar-refractivity contribution in [3.05, 3.63) is 35.3 Å². The molecule has 2 heterocycles. The second kappa shape index (κ2) is 9.32. The lowest BCUT2D eigenvalue weighted by molar-refractivity contribution is 0.102. The zero-order valence-corrected chi connectivity index (χ0v) is 16.5. The molecule has 0 saturated heterocycles. The highest BCUT2D eigenvalue weighted by Gasteiger charge is 2.27. The van der Waals surface area contributed by atoms with Crippen LogP contribution in [0.2, 0.25) is 0 Å². The Morgan fingerprint density at radius 2 is 2.21 bits per heavy atom. The number of H-pyrrole nitrogens is 1. The molecule has 1 aliphatic rings. The summed E-state index contributed by atoms with van der Waals surface area (Å²) < 4.78 is 5.61. The Labute approximate surface area is 164 Å². The van der Waals surface area contributed by atoms with Gasteiger partial charge >= 0.3 is 0 Å². The van der Waals surface area contributed by atoms with Gasteiger partial charge in [-0.3, -0.25) is 9.89 Å². The fraction of sp³-hybridized carbons (Fsp3) is 0.474. The van der Waals surface area contributed by atoms with Crippen molar-refractivity contribution in [2.45, 2.75) is 25.7 Å². The molecule has 150 valence electrons. The summed E-state index contributed by atoms with van der Waals surface area (Å²) in [6, 6.07) is 3.50. The molecule has 9 heteroatoms. The Bertz CT molecular complexity index is 829. The number of nitrogens with zero attached hydrogens (tertiary/aromatic N) is 4. The van der Waals surface area contributed by atoms with E-state index in [9.17, 15) is 4.79 Å². The number of pyridine rings is 1. The minimum Gasteiger partial charge on any atom is -0.478 e. The SMILES string of the molecule is CON=C1CCCc2[nH]nc(C(=O)Nc3ccc(OCCCN(C)C)nc3)c21. The van der Waals surface area contributed by atoms with Gasteiger partial charge in [0, 0.05) is 18.3 Å². The Hall–Kier alpha value is -2.94. The second-order valence-electron chi connectivity index (χ2n) is 6.84. The Kier molecular flexibility index (Phi) is 6.59. The normalized spacial score (nSPS) is 14.8. The second-order valence-corrected chi connectivity index (χ2v) is 6.84. The van der Waals surface area contributed by atoms with E-state index in [1.54, 1.807) is 18.3 Å². The summed E-state index contributed by atoms with van der Waals surface area (Å²) in [4.78, 5) is 24.0. The van der Waals surface area contributed by atoms with E-state index in [0.29, 0.717) is 23.9 Å². The van der Waals surface area contributed by atoms with Crippen molar-refractivity contribution in [3.8, 4) is 5.88 Å². The van der Waals surface area contributed by atoms with Crippen LogP contribution < -0.4 is 10.1 Å². The van der Waals surface area contributed by atoms with Crippen LogP contribution >= 0.6 is 0 Å².